The van der Waals surface area contributed by atoms with Gasteiger partial charge in [-0.05, 0) is 72.1 Å². The van der Waals surface area contributed by atoms with E-state index in [4.69, 9.17) is 0 Å². The van der Waals surface area contributed by atoms with Crippen LogP contribution in [-0.2, 0) is 9.59 Å². The van der Waals surface area contributed by atoms with Crippen molar-refractivity contribution in [2.24, 2.45) is 0 Å². The average molecular weight is 516 g/mol. The molecule has 178 valence electrons. The highest BCUT2D eigenvalue weighted by atomic mass is 32.2. The van der Waals surface area contributed by atoms with E-state index in [0.29, 0.717) is 26.8 Å². The molecular weight excluding hydrogens is 497 g/mol. The van der Waals surface area contributed by atoms with Crippen LogP contribution in [0.15, 0.2) is 112 Å². The van der Waals surface area contributed by atoms with Crippen LogP contribution in [0.2, 0.25) is 0 Å². The van der Waals surface area contributed by atoms with Gasteiger partial charge >= 0.3 is 0 Å². The zero-order valence-electron chi connectivity index (χ0n) is 18.6. The quantitative estimate of drug-likeness (QED) is 0.290. The maximum Gasteiger partial charge on any atom is 0.283 e. The van der Waals surface area contributed by atoms with E-state index in [1.54, 1.807) is 60.7 Å². The van der Waals surface area contributed by atoms with E-state index in [1.807, 2.05) is 11.4 Å². The first kappa shape index (κ1) is 23.5. The first-order valence-corrected chi connectivity index (χ1v) is 12.5. The van der Waals surface area contributed by atoms with Crippen molar-refractivity contribution in [1.29, 1.82) is 0 Å². The van der Waals surface area contributed by atoms with Gasteiger partial charge in [-0.25, -0.2) is 9.29 Å². The van der Waals surface area contributed by atoms with Gasteiger partial charge in [-0.2, -0.15) is 0 Å². The molecule has 2 N–H and O–H groups in total. The number of rotatable bonds is 7. The molecule has 9 heteroatoms. The summed E-state index contributed by atoms with van der Waals surface area (Å²) in [5.74, 6) is -1.57. The van der Waals surface area contributed by atoms with Gasteiger partial charge in [0.1, 0.15) is 16.4 Å². The van der Waals surface area contributed by atoms with Crippen molar-refractivity contribution >= 4 is 57.9 Å². The molecule has 0 atom stereocenters. The molecule has 1 aliphatic heterocycles. The third-order valence-corrected chi connectivity index (χ3v) is 7.21. The van der Waals surface area contributed by atoms with Gasteiger partial charge in [0.15, 0.2) is 0 Å². The number of halogens is 1. The standard InChI is InChI=1S/C27H18FN3O3S2/c28-17-8-10-18(11-9-17)29-23-24(27(34)31(26(23)33)20-5-2-1-3-6-20)36-21-14-12-19(13-15-21)30-25(32)22-7-4-16-35-22/h1-16,29H,(H,30,32). The second-order valence-corrected chi connectivity index (χ2v) is 9.71. The Labute approximate surface area is 214 Å². The Morgan fingerprint density at radius 1 is 0.806 bits per heavy atom. The lowest BCUT2D eigenvalue weighted by Crippen LogP contribution is -2.32. The summed E-state index contributed by atoms with van der Waals surface area (Å²) in [6.45, 7) is 0. The number of benzene rings is 3. The number of nitrogens with zero attached hydrogens (tertiary/aromatic N) is 1. The normalized spacial score (nSPS) is 13.3. The first-order valence-electron chi connectivity index (χ1n) is 10.8. The van der Waals surface area contributed by atoms with Gasteiger partial charge in [-0.3, -0.25) is 14.4 Å². The van der Waals surface area contributed by atoms with Crippen LogP contribution in [-0.4, -0.2) is 17.7 Å². The maximum absolute atomic E-state index is 13.4. The molecule has 3 aromatic carbocycles. The lowest BCUT2D eigenvalue weighted by atomic mass is 10.3. The summed E-state index contributed by atoms with van der Waals surface area (Å²) in [4.78, 5) is 41.6. The SMILES string of the molecule is O=C(Nc1ccc(SC2=C(Nc3ccc(F)cc3)C(=O)N(c3ccccc3)C2=O)cc1)c1cccs1. The molecule has 3 amide bonds. The van der Waals surface area contributed by atoms with Crippen LogP contribution >= 0.6 is 23.1 Å². The topological polar surface area (TPSA) is 78.5 Å². The minimum absolute atomic E-state index is 0.107. The van der Waals surface area contributed by atoms with Gasteiger partial charge < -0.3 is 10.6 Å². The zero-order chi connectivity index (χ0) is 25.1. The molecule has 5 rings (SSSR count). The maximum atomic E-state index is 13.4. The molecule has 0 bridgehead atoms. The number of carbonyl (C=O) groups is 3. The first-order chi connectivity index (χ1) is 17.5. The van der Waals surface area contributed by atoms with Gasteiger partial charge in [0, 0.05) is 16.3 Å². The number of thioether (sulfide) groups is 1. The number of imide groups is 1. The van der Waals surface area contributed by atoms with E-state index in [2.05, 4.69) is 10.6 Å². The van der Waals surface area contributed by atoms with Crippen LogP contribution in [0.4, 0.5) is 21.5 Å². The molecule has 0 fully saturated rings. The summed E-state index contributed by atoms with van der Waals surface area (Å²) in [6, 6.07) is 24.8. The average Bonchev–Trinajstić information content (AvgIpc) is 3.51. The van der Waals surface area contributed by atoms with Crippen molar-refractivity contribution in [3.8, 4) is 0 Å². The van der Waals surface area contributed by atoms with Crippen molar-refractivity contribution < 1.29 is 18.8 Å². The van der Waals surface area contributed by atoms with Crippen molar-refractivity contribution in [2.75, 3.05) is 15.5 Å². The largest absolute Gasteiger partial charge is 0.350 e. The van der Waals surface area contributed by atoms with Crippen molar-refractivity contribution in [1.82, 2.24) is 0 Å². The molecule has 2 heterocycles. The lowest BCUT2D eigenvalue weighted by molar-refractivity contribution is -0.120. The van der Waals surface area contributed by atoms with E-state index < -0.39 is 17.6 Å². The van der Waals surface area contributed by atoms with Gasteiger partial charge in [0.25, 0.3) is 17.7 Å². The van der Waals surface area contributed by atoms with Crippen molar-refractivity contribution in [3.05, 3.63) is 118 Å². The lowest BCUT2D eigenvalue weighted by Gasteiger charge is -2.15. The molecular formula is C27H18FN3O3S2. The Morgan fingerprint density at radius 2 is 1.50 bits per heavy atom. The summed E-state index contributed by atoms with van der Waals surface area (Å²) in [5, 5.41) is 7.66. The van der Waals surface area contributed by atoms with Gasteiger partial charge in [0.2, 0.25) is 0 Å². The molecule has 0 saturated heterocycles. The highest BCUT2D eigenvalue weighted by Gasteiger charge is 2.40. The number of nitrogens with one attached hydrogen (secondary N) is 2. The van der Waals surface area contributed by atoms with E-state index in [-0.39, 0.29) is 16.5 Å². The van der Waals surface area contributed by atoms with Crippen LogP contribution in [0.3, 0.4) is 0 Å². The molecule has 0 radical (unpaired) electrons. The Kier molecular flexibility index (Phi) is 6.66. The number of para-hydroxylation sites is 1. The number of hydrogen-bond acceptors (Lipinski definition) is 6. The minimum Gasteiger partial charge on any atom is -0.350 e. The molecule has 0 spiro atoms. The number of anilines is 3. The molecule has 36 heavy (non-hydrogen) atoms. The van der Waals surface area contributed by atoms with E-state index in [9.17, 15) is 18.8 Å². The fourth-order valence-electron chi connectivity index (χ4n) is 3.53. The van der Waals surface area contributed by atoms with Crippen LogP contribution in [0.25, 0.3) is 0 Å². The summed E-state index contributed by atoms with van der Waals surface area (Å²) in [6.07, 6.45) is 0. The molecule has 0 aliphatic carbocycles. The van der Waals surface area contributed by atoms with Crippen molar-refractivity contribution in [3.63, 3.8) is 0 Å². The summed E-state index contributed by atoms with van der Waals surface area (Å²) >= 11 is 2.49. The fraction of sp³-hybridized carbons (Fsp3) is 0. The van der Waals surface area contributed by atoms with Gasteiger partial charge in [-0.1, -0.05) is 36.0 Å². The highest BCUT2D eigenvalue weighted by molar-refractivity contribution is 8.04. The van der Waals surface area contributed by atoms with E-state index in [0.717, 1.165) is 16.7 Å². The monoisotopic (exact) mass is 515 g/mol. The number of thiophene rings is 1. The molecule has 4 aromatic rings. The summed E-state index contributed by atoms with van der Waals surface area (Å²) in [7, 11) is 0. The minimum atomic E-state index is -0.502. The second kappa shape index (κ2) is 10.2. The fourth-order valence-corrected chi connectivity index (χ4v) is 5.07. The van der Waals surface area contributed by atoms with Crippen LogP contribution in [0.5, 0.6) is 0 Å². The zero-order valence-corrected chi connectivity index (χ0v) is 20.2. The Hall–Kier alpha value is -4.21. The van der Waals surface area contributed by atoms with Crippen LogP contribution in [0.1, 0.15) is 9.67 Å². The predicted octanol–water partition coefficient (Wildman–Crippen LogP) is 6.13. The number of hydrogen-bond donors (Lipinski definition) is 2. The van der Waals surface area contributed by atoms with E-state index in [1.165, 1.54) is 35.6 Å². The summed E-state index contributed by atoms with van der Waals surface area (Å²) < 4.78 is 13.4. The molecule has 0 saturated carbocycles. The smallest absolute Gasteiger partial charge is 0.283 e. The van der Waals surface area contributed by atoms with Crippen molar-refractivity contribution in [2.45, 2.75) is 4.90 Å². The molecule has 6 nitrogen and oxygen atoms in total. The summed E-state index contributed by atoms with van der Waals surface area (Å²) in [5.41, 5.74) is 1.65. The molecule has 0 unspecified atom stereocenters. The highest BCUT2D eigenvalue weighted by Crippen LogP contribution is 2.38. The van der Waals surface area contributed by atoms with Gasteiger partial charge in [0.05, 0.1) is 10.6 Å². The van der Waals surface area contributed by atoms with Crippen LogP contribution in [0, 0.1) is 5.82 Å². The predicted molar refractivity (Wildman–Crippen MR) is 141 cm³/mol. The second-order valence-electron chi connectivity index (χ2n) is 7.68. The molecule has 1 aromatic heterocycles. The third-order valence-electron chi connectivity index (χ3n) is 5.25. The number of carbonyl (C=O) groups excluding carboxylic acids is 3. The van der Waals surface area contributed by atoms with Crippen LogP contribution < -0.4 is 15.5 Å². The third kappa shape index (κ3) is 4.93. The van der Waals surface area contributed by atoms with E-state index >= 15 is 0 Å². The Bertz CT molecular complexity index is 1450. The Balaban J connectivity index is 1.41. The molecule has 1 aliphatic rings. The number of amides is 3. The van der Waals surface area contributed by atoms with Gasteiger partial charge in [-0.15, -0.1) is 11.3 Å². The Morgan fingerprint density at radius 3 is 2.17 bits per heavy atom.